The van der Waals surface area contributed by atoms with Crippen LogP contribution in [0.2, 0.25) is 0 Å². The fourth-order valence-electron chi connectivity index (χ4n) is 2.68. The second-order valence-corrected chi connectivity index (χ2v) is 5.55. The Morgan fingerprint density at radius 3 is 2.76 bits per heavy atom. The van der Waals surface area contributed by atoms with Gasteiger partial charge in [0.05, 0.1) is 13.7 Å². The van der Waals surface area contributed by atoms with Gasteiger partial charge in [-0.3, -0.25) is 4.90 Å². The largest absolute Gasteiger partial charge is 0.497 e. The van der Waals surface area contributed by atoms with Gasteiger partial charge in [0.15, 0.2) is 0 Å². The van der Waals surface area contributed by atoms with Crippen molar-refractivity contribution in [2.75, 3.05) is 46.5 Å². The van der Waals surface area contributed by atoms with Crippen LogP contribution in [0.25, 0.3) is 0 Å². The molecule has 1 unspecified atom stereocenters. The summed E-state index contributed by atoms with van der Waals surface area (Å²) in [5.74, 6) is 0.913. The lowest BCUT2D eigenvalue weighted by Gasteiger charge is -2.27. The highest BCUT2D eigenvalue weighted by Crippen LogP contribution is 2.19. The van der Waals surface area contributed by atoms with Crippen LogP contribution in [-0.2, 0) is 4.74 Å². The summed E-state index contributed by atoms with van der Waals surface area (Å²) in [5, 5.41) is 3.67. The van der Waals surface area contributed by atoms with Gasteiger partial charge in [-0.1, -0.05) is 19.1 Å². The maximum Gasteiger partial charge on any atom is 0.118 e. The van der Waals surface area contributed by atoms with Crippen molar-refractivity contribution in [2.24, 2.45) is 0 Å². The fraction of sp³-hybridized carbons (Fsp3) is 0.647. The molecule has 1 aliphatic rings. The number of nitrogens with zero attached hydrogens (tertiary/aromatic N) is 1. The average Bonchev–Trinajstić information content (AvgIpc) is 2.80. The Kier molecular flexibility index (Phi) is 7.00. The topological polar surface area (TPSA) is 33.7 Å². The van der Waals surface area contributed by atoms with Crippen molar-refractivity contribution in [3.8, 4) is 5.75 Å². The lowest BCUT2D eigenvalue weighted by Crippen LogP contribution is -2.37. The molecule has 4 heteroatoms. The molecule has 2 rings (SSSR count). The van der Waals surface area contributed by atoms with Crippen LogP contribution in [0.3, 0.4) is 0 Å². The summed E-state index contributed by atoms with van der Waals surface area (Å²) in [6, 6.07) is 8.79. The average molecular weight is 292 g/mol. The van der Waals surface area contributed by atoms with Crippen molar-refractivity contribution in [2.45, 2.75) is 25.8 Å². The van der Waals surface area contributed by atoms with Crippen molar-refractivity contribution >= 4 is 0 Å². The van der Waals surface area contributed by atoms with Crippen molar-refractivity contribution in [1.29, 1.82) is 0 Å². The Bertz CT molecular complexity index is 386. The zero-order valence-corrected chi connectivity index (χ0v) is 13.3. The molecule has 0 saturated carbocycles. The van der Waals surface area contributed by atoms with Gasteiger partial charge in [-0.25, -0.2) is 0 Å². The second kappa shape index (κ2) is 9.03. The highest BCUT2D eigenvalue weighted by Gasteiger charge is 2.17. The Labute approximate surface area is 128 Å². The molecule has 1 fully saturated rings. The third-order valence-electron chi connectivity index (χ3n) is 3.91. The van der Waals surface area contributed by atoms with Crippen LogP contribution in [0.15, 0.2) is 24.3 Å². The number of nitrogens with one attached hydrogen (secondary N) is 1. The molecule has 0 radical (unpaired) electrons. The quantitative estimate of drug-likeness (QED) is 0.837. The molecule has 0 aliphatic carbocycles. The Balaban J connectivity index is 2.01. The molecular formula is C17H28N2O2. The molecule has 0 amide bonds. The van der Waals surface area contributed by atoms with E-state index in [1.54, 1.807) is 7.11 Å². The minimum Gasteiger partial charge on any atom is -0.497 e. The van der Waals surface area contributed by atoms with E-state index in [4.69, 9.17) is 9.47 Å². The Hall–Kier alpha value is -1.10. The summed E-state index contributed by atoms with van der Waals surface area (Å²) in [4.78, 5) is 2.50. The first kappa shape index (κ1) is 16.3. The summed E-state index contributed by atoms with van der Waals surface area (Å²) in [7, 11) is 1.71. The number of benzene rings is 1. The van der Waals surface area contributed by atoms with E-state index in [1.807, 2.05) is 12.1 Å². The van der Waals surface area contributed by atoms with Crippen LogP contribution in [0.5, 0.6) is 5.75 Å². The van der Waals surface area contributed by atoms with Gasteiger partial charge in [0.1, 0.15) is 5.75 Å². The van der Waals surface area contributed by atoms with Gasteiger partial charge in [0.25, 0.3) is 0 Å². The molecule has 0 spiro atoms. The summed E-state index contributed by atoms with van der Waals surface area (Å²) in [5.41, 5.74) is 1.33. The van der Waals surface area contributed by atoms with Crippen LogP contribution in [-0.4, -0.2) is 51.4 Å². The standard InChI is InChI=1S/C17H28N2O2/c1-3-9-18-17(14-19-10-4-12-21-13-11-19)15-5-7-16(20-2)8-6-15/h5-8,17-18H,3-4,9-14H2,1-2H3. The summed E-state index contributed by atoms with van der Waals surface area (Å²) >= 11 is 0. The van der Waals surface area contributed by atoms with Gasteiger partial charge in [-0.2, -0.15) is 0 Å². The Morgan fingerprint density at radius 1 is 1.24 bits per heavy atom. The second-order valence-electron chi connectivity index (χ2n) is 5.55. The molecule has 1 heterocycles. The van der Waals surface area contributed by atoms with Gasteiger partial charge in [-0.15, -0.1) is 0 Å². The van der Waals surface area contributed by atoms with Crippen LogP contribution in [0.4, 0.5) is 0 Å². The van der Waals surface area contributed by atoms with E-state index in [9.17, 15) is 0 Å². The summed E-state index contributed by atoms with van der Waals surface area (Å²) in [6.07, 6.45) is 2.28. The minimum atomic E-state index is 0.369. The molecule has 1 aromatic carbocycles. The number of hydrogen-bond donors (Lipinski definition) is 1. The SMILES string of the molecule is CCCNC(CN1CCCOCC1)c1ccc(OC)cc1. The van der Waals surface area contributed by atoms with Gasteiger partial charge in [0, 0.05) is 32.3 Å². The van der Waals surface area contributed by atoms with Crippen molar-refractivity contribution < 1.29 is 9.47 Å². The predicted molar refractivity (Wildman–Crippen MR) is 85.9 cm³/mol. The van der Waals surface area contributed by atoms with E-state index in [0.29, 0.717) is 6.04 Å². The highest BCUT2D eigenvalue weighted by molar-refractivity contribution is 5.29. The molecule has 1 aliphatic heterocycles. The van der Waals surface area contributed by atoms with E-state index in [2.05, 4.69) is 29.3 Å². The maximum atomic E-state index is 5.54. The predicted octanol–water partition coefficient (Wildman–Crippen LogP) is 2.46. The fourth-order valence-corrected chi connectivity index (χ4v) is 2.68. The van der Waals surface area contributed by atoms with Gasteiger partial charge in [-0.05, 0) is 37.1 Å². The molecule has 0 aromatic heterocycles. The molecule has 1 aromatic rings. The molecule has 1 atom stereocenters. The van der Waals surface area contributed by atoms with Gasteiger partial charge >= 0.3 is 0 Å². The van der Waals surface area contributed by atoms with Crippen molar-refractivity contribution in [1.82, 2.24) is 10.2 Å². The first-order valence-electron chi connectivity index (χ1n) is 8.01. The van der Waals surface area contributed by atoms with Crippen LogP contribution in [0.1, 0.15) is 31.4 Å². The normalized spacial score (nSPS) is 18.2. The number of rotatable bonds is 7. The maximum absolute atomic E-state index is 5.54. The minimum absolute atomic E-state index is 0.369. The third kappa shape index (κ3) is 5.30. The molecular weight excluding hydrogens is 264 g/mol. The van der Waals surface area contributed by atoms with Gasteiger partial charge < -0.3 is 14.8 Å². The lowest BCUT2D eigenvalue weighted by atomic mass is 10.1. The number of methoxy groups -OCH3 is 1. The first-order valence-corrected chi connectivity index (χ1v) is 8.01. The zero-order valence-electron chi connectivity index (χ0n) is 13.3. The van der Waals surface area contributed by atoms with Crippen molar-refractivity contribution in [3.63, 3.8) is 0 Å². The molecule has 1 N–H and O–H groups in total. The lowest BCUT2D eigenvalue weighted by molar-refractivity contribution is 0.139. The summed E-state index contributed by atoms with van der Waals surface area (Å²) in [6.45, 7) is 8.19. The number of hydrogen-bond acceptors (Lipinski definition) is 4. The molecule has 21 heavy (non-hydrogen) atoms. The molecule has 118 valence electrons. The monoisotopic (exact) mass is 292 g/mol. The van der Waals surface area contributed by atoms with Crippen molar-refractivity contribution in [3.05, 3.63) is 29.8 Å². The van der Waals surface area contributed by atoms with E-state index in [1.165, 1.54) is 5.56 Å². The molecule has 4 nitrogen and oxygen atoms in total. The third-order valence-corrected chi connectivity index (χ3v) is 3.91. The molecule has 1 saturated heterocycles. The highest BCUT2D eigenvalue weighted by atomic mass is 16.5. The smallest absolute Gasteiger partial charge is 0.118 e. The van der Waals surface area contributed by atoms with Crippen LogP contribution < -0.4 is 10.1 Å². The van der Waals surface area contributed by atoms with Gasteiger partial charge in [0.2, 0.25) is 0 Å². The van der Waals surface area contributed by atoms with E-state index in [-0.39, 0.29) is 0 Å². The van der Waals surface area contributed by atoms with Crippen LogP contribution in [0, 0.1) is 0 Å². The first-order chi connectivity index (χ1) is 10.3. The van der Waals surface area contributed by atoms with Crippen LogP contribution >= 0.6 is 0 Å². The Morgan fingerprint density at radius 2 is 2.05 bits per heavy atom. The summed E-state index contributed by atoms with van der Waals surface area (Å²) < 4.78 is 10.8. The molecule has 0 bridgehead atoms. The zero-order chi connectivity index (χ0) is 14.9. The van der Waals surface area contributed by atoms with E-state index in [0.717, 1.165) is 58.0 Å². The van der Waals surface area contributed by atoms with E-state index < -0.39 is 0 Å². The number of ether oxygens (including phenoxy) is 2. The van der Waals surface area contributed by atoms with E-state index >= 15 is 0 Å².